The van der Waals surface area contributed by atoms with Crippen LogP contribution >= 0.6 is 0 Å². The van der Waals surface area contributed by atoms with Crippen molar-refractivity contribution in [3.63, 3.8) is 0 Å². The Morgan fingerprint density at radius 2 is 0.636 bits per heavy atom. The number of aliphatic hydroxyl groups is 3. The molecule has 0 spiro atoms. The fourth-order valence-electron chi connectivity index (χ4n) is 4.50. The highest BCUT2D eigenvalue weighted by molar-refractivity contribution is 4.62. The topological polar surface area (TPSA) is 67.2 Å². The summed E-state index contributed by atoms with van der Waals surface area (Å²) in [5.74, 6) is 0. The molecule has 0 aliphatic carbocycles. The van der Waals surface area contributed by atoms with Crippen LogP contribution in [0.15, 0.2) is 0 Å². The van der Waals surface area contributed by atoms with E-state index >= 15 is 0 Å². The fraction of sp³-hybridized carbons (Fsp3) is 1.00. The number of unbranched alkanes of at least 4 members (excludes halogenated alkanes) is 15. The number of hydrogen-bond donors (Lipinski definition) is 3. The van der Waals surface area contributed by atoms with Gasteiger partial charge in [0.25, 0.3) is 0 Å². The molecule has 0 radical (unpaired) electrons. The van der Waals surface area contributed by atoms with E-state index in [0.29, 0.717) is 13.1 Å². The summed E-state index contributed by atoms with van der Waals surface area (Å²) >= 11 is 0. The highest BCUT2D eigenvalue weighted by Crippen LogP contribution is 2.14. The Kier molecular flexibility index (Phi) is 31.5. The Balaban J connectivity index is 0. The first-order valence-electron chi connectivity index (χ1n) is 14.1. The van der Waals surface area contributed by atoms with Gasteiger partial charge in [-0.2, -0.15) is 0 Å². The Bertz CT molecular complexity index is 345. The molecule has 0 fully saturated rings. The van der Waals surface area contributed by atoms with Gasteiger partial charge in [-0.15, -0.1) is 0 Å². The zero-order valence-electron chi connectivity index (χ0n) is 22.0. The average molecular weight is 479 g/mol. The molecule has 6 heteroatoms. The van der Waals surface area contributed by atoms with Crippen molar-refractivity contribution in [1.29, 1.82) is 0 Å². The van der Waals surface area contributed by atoms with E-state index < -0.39 is 0 Å². The molecule has 3 N–H and O–H groups in total. The van der Waals surface area contributed by atoms with Crippen molar-refractivity contribution in [2.24, 2.45) is 0 Å². The van der Waals surface area contributed by atoms with Crippen LogP contribution in [0.1, 0.15) is 116 Å². The van der Waals surface area contributed by atoms with E-state index in [1.54, 1.807) is 0 Å². The summed E-state index contributed by atoms with van der Waals surface area (Å²) in [5, 5.41) is 27.5. The van der Waals surface area contributed by atoms with Gasteiger partial charge in [0.05, 0.1) is 19.8 Å². The molecule has 5 nitrogen and oxygen atoms in total. The van der Waals surface area contributed by atoms with E-state index in [1.807, 2.05) is 0 Å². The Labute approximate surface area is 205 Å². The maximum atomic E-state index is 9.33. The molecule has 0 amide bonds. The minimum Gasteiger partial charge on any atom is -0.395 e. The Morgan fingerprint density at radius 3 is 0.970 bits per heavy atom. The van der Waals surface area contributed by atoms with Gasteiger partial charge in [0, 0.05) is 19.6 Å². The lowest BCUT2D eigenvalue weighted by Crippen LogP contribution is -2.35. The molecule has 0 aliphatic rings. The van der Waals surface area contributed by atoms with Crippen LogP contribution in [0.3, 0.4) is 0 Å². The van der Waals surface area contributed by atoms with E-state index in [9.17, 15) is 5.11 Å². The zero-order chi connectivity index (χ0) is 23.5. The number of rotatable bonds is 27. The molecule has 0 atom stereocenters. The third-order valence-corrected chi connectivity index (χ3v) is 6.53. The number of hydrogen-bond acceptors (Lipinski definition) is 5. The van der Waals surface area contributed by atoms with Crippen LogP contribution in [0.5, 0.6) is 0 Å². The first-order valence-corrected chi connectivity index (χ1v) is 14.1. The molecule has 0 aliphatic heterocycles. The smallest absolute Gasteiger partial charge is 0.0558 e. The average Bonchev–Trinajstić information content (AvgIpc) is 2.79. The number of aliphatic hydroxyl groups excluding tert-OH is 3. The van der Waals surface area contributed by atoms with Crippen LogP contribution in [0.2, 0.25) is 0 Å². The minimum atomic E-state index is 0. The lowest BCUT2D eigenvalue weighted by atomic mass is 10.0. The molecule has 0 rings (SSSR count). The van der Waals surface area contributed by atoms with Gasteiger partial charge in [-0.05, 0) is 32.5 Å². The predicted molar refractivity (Wildman–Crippen MR) is 141 cm³/mol. The van der Waals surface area contributed by atoms with Gasteiger partial charge in [-0.1, -0.05) is 103 Å². The summed E-state index contributed by atoms with van der Waals surface area (Å²) in [7, 11) is 0. The van der Waals surface area contributed by atoms with Gasteiger partial charge in [-0.3, -0.25) is 9.60 Å². The van der Waals surface area contributed by atoms with Gasteiger partial charge >= 0.3 is 0 Å². The number of nitrogens with zero attached hydrogens (tertiary/aromatic N) is 2. The van der Waals surface area contributed by atoms with Crippen LogP contribution in [0.25, 0.3) is 0 Å². The molecule has 202 valence electrons. The predicted octanol–water partition coefficient (Wildman–Crippen LogP) is 5.37. The molecular formula is C27H59FN2O3. The van der Waals surface area contributed by atoms with E-state index in [2.05, 4.69) is 16.7 Å². The molecule has 33 heavy (non-hydrogen) atoms. The lowest BCUT2D eigenvalue weighted by Gasteiger charge is -2.24. The Morgan fingerprint density at radius 1 is 0.364 bits per heavy atom. The standard InChI is InChI=1S/C27H58N2O3.FH/c1-2-3-4-5-6-7-8-9-10-11-12-13-14-15-16-17-19-28(22-25-30)20-18-21-29(23-26-31)24-27-32;/h30-32H,2-27H2,1H3;1H. The quantitative estimate of drug-likeness (QED) is 0.138. The highest BCUT2D eigenvalue weighted by atomic mass is 19.0. The van der Waals surface area contributed by atoms with Crippen LogP contribution in [0, 0.1) is 0 Å². The largest absolute Gasteiger partial charge is 0.395 e. The maximum Gasteiger partial charge on any atom is 0.0558 e. The van der Waals surface area contributed by atoms with Crippen molar-refractivity contribution in [1.82, 2.24) is 9.80 Å². The molecular weight excluding hydrogens is 419 g/mol. The zero-order valence-corrected chi connectivity index (χ0v) is 22.0. The Hall–Kier alpha value is -0.270. The second-order valence-electron chi connectivity index (χ2n) is 9.51. The lowest BCUT2D eigenvalue weighted by molar-refractivity contribution is 0.147. The molecule has 0 unspecified atom stereocenters. The molecule has 0 saturated carbocycles. The molecule has 0 bridgehead atoms. The molecule has 0 aromatic carbocycles. The van der Waals surface area contributed by atoms with E-state index in [1.165, 1.54) is 103 Å². The summed E-state index contributed by atoms with van der Waals surface area (Å²) in [6, 6.07) is 0. The summed E-state index contributed by atoms with van der Waals surface area (Å²) in [5.41, 5.74) is 0. The van der Waals surface area contributed by atoms with Gasteiger partial charge in [-0.25, -0.2) is 0 Å². The van der Waals surface area contributed by atoms with E-state index in [0.717, 1.165) is 32.6 Å². The first kappa shape index (κ1) is 34.9. The van der Waals surface area contributed by atoms with Crippen LogP contribution in [0.4, 0.5) is 4.70 Å². The number of halogens is 1. The second kappa shape index (κ2) is 29.8. The van der Waals surface area contributed by atoms with E-state index in [-0.39, 0.29) is 24.5 Å². The second-order valence-corrected chi connectivity index (χ2v) is 9.51. The molecule has 0 aromatic heterocycles. The first-order chi connectivity index (χ1) is 15.8. The monoisotopic (exact) mass is 478 g/mol. The molecule has 0 saturated heterocycles. The maximum absolute atomic E-state index is 9.33. The van der Waals surface area contributed by atoms with Crippen molar-refractivity contribution < 1.29 is 20.0 Å². The van der Waals surface area contributed by atoms with Crippen molar-refractivity contribution in [2.45, 2.75) is 116 Å². The van der Waals surface area contributed by atoms with Crippen molar-refractivity contribution in [3.8, 4) is 0 Å². The minimum absolute atomic E-state index is 0. The van der Waals surface area contributed by atoms with Crippen molar-refractivity contribution >= 4 is 0 Å². The normalized spacial score (nSPS) is 11.5. The summed E-state index contributed by atoms with van der Waals surface area (Å²) in [4.78, 5) is 4.46. The van der Waals surface area contributed by atoms with Crippen molar-refractivity contribution in [2.75, 3.05) is 59.1 Å². The SMILES string of the molecule is CCCCCCCCCCCCCCCCCCN(CCO)CCCN(CCO)CCO.F. The van der Waals surface area contributed by atoms with Gasteiger partial charge in [0.2, 0.25) is 0 Å². The summed E-state index contributed by atoms with van der Waals surface area (Å²) in [6.45, 7) is 7.72. The third-order valence-electron chi connectivity index (χ3n) is 6.53. The van der Waals surface area contributed by atoms with Gasteiger partial charge in [0.1, 0.15) is 0 Å². The van der Waals surface area contributed by atoms with Crippen molar-refractivity contribution in [3.05, 3.63) is 0 Å². The van der Waals surface area contributed by atoms with Crippen LogP contribution < -0.4 is 0 Å². The van der Waals surface area contributed by atoms with Gasteiger partial charge < -0.3 is 20.2 Å². The van der Waals surface area contributed by atoms with Crippen LogP contribution in [-0.2, 0) is 0 Å². The summed E-state index contributed by atoms with van der Waals surface area (Å²) in [6.07, 6.45) is 23.3. The highest BCUT2D eigenvalue weighted by Gasteiger charge is 2.07. The van der Waals surface area contributed by atoms with Gasteiger partial charge in [0.15, 0.2) is 0 Å². The van der Waals surface area contributed by atoms with E-state index in [4.69, 9.17) is 10.2 Å². The van der Waals surface area contributed by atoms with Crippen LogP contribution in [-0.4, -0.2) is 84.2 Å². The summed E-state index contributed by atoms with van der Waals surface area (Å²) < 4.78 is 0. The third kappa shape index (κ3) is 26.2. The molecule has 0 heterocycles. The fourth-order valence-corrected chi connectivity index (χ4v) is 4.50. The molecule has 0 aromatic rings.